The molecule has 0 aliphatic heterocycles. The topological polar surface area (TPSA) is 60.4 Å². The van der Waals surface area contributed by atoms with Gasteiger partial charge < -0.3 is 4.74 Å². The smallest absolute Gasteiger partial charge is 0.173 e. The quantitative estimate of drug-likeness (QED) is 0.628. The molecule has 0 aromatic heterocycles. The van der Waals surface area contributed by atoms with Gasteiger partial charge in [0.2, 0.25) is 0 Å². The Hall–Kier alpha value is -0.420. The number of ether oxygens (including phenoxy) is 1. The fourth-order valence-corrected chi connectivity index (χ4v) is 2.72. The van der Waals surface area contributed by atoms with Crippen molar-refractivity contribution in [2.24, 2.45) is 5.92 Å². The molecule has 0 aliphatic carbocycles. The average molecular weight is 208 g/mol. The van der Waals surface area contributed by atoms with Crippen LogP contribution >= 0.6 is 0 Å². The first-order valence-electron chi connectivity index (χ1n) is 4.08. The first-order chi connectivity index (χ1) is 5.87. The molecule has 0 atom stereocenters. The van der Waals surface area contributed by atoms with Crippen LogP contribution in [0.15, 0.2) is 0 Å². The molecule has 0 bridgehead atoms. The van der Waals surface area contributed by atoms with Crippen LogP contribution in [0.2, 0.25) is 0 Å². The van der Waals surface area contributed by atoms with E-state index in [1.54, 1.807) is 13.8 Å². The van der Waals surface area contributed by atoms with Crippen LogP contribution < -0.4 is 0 Å². The predicted octanol–water partition coefficient (Wildman–Crippen LogP) is 0.273. The Labute approximate surface area is 79.2 Å². The minimum absolute atomic E-state index is 0.0559. The molecule has 0 aromatic carbocycles. The lowest BCUT2D eigenvalue weighted by molar-refractivity contribution is -0.120. The molecule has 0 radical (unpaired) electrons. The fourth-order valence-electron chi connectivity index (χ4n) is 1.01. The third kappa shape index (κ3) is 6.72. The molecule has 0 rings (SSSR count). The van der Waals surface area contributed by atoms with E-state index in [1.165, 1.54) is 7.11 Å². The summed E-state index contributed by atoms with van der Waals surface area (Å²) in [6, 6.07) is 0. The summed E-state index contributed by atoms with van der Waals surface area (Å²) in [4.78, 5) is 10.9. The van der Waals surface area contributed by atoms with Crippen LogP contribution in [0.5, 0.6) is 0 Å². The summed E-state index contributed by atoms with van der Waals surface area (Å²) in [6.45, 7) is 3.48. The Balaban J connectivity index is 4.10. The highest BCUT2D eigenvalue weighted by Crippen LogP contribution is 2.00. The minimum Gasteiger partial charge on any atom is -0.377 e. The van der Waals surface area contributed by atoms with Crippen LogP contribution in [-0.2, 0) is 19.4 Å². The molecule has 4 nitrogen and oxygen atoms in total. The third-order valence-corrected chi connectivity index (χ3v) is 3.21. The minimum atomic E-state index is -3.23. The standard InChI is InChI=1S/C8H16O4S/c1-7(2)5-13(10,11)6-8(9)4-12-3/h7H,4-6H2,1-3H3. The maximum atomic E-state index is 11.2. The molecule has 0 saturated carbocycles. The first-order valence-corrected chi connectivity index (χ1v) is 5.90. The highest BCUT2D eigenvalue weighted by atomic mass is 32.2. The number of carbonyl (C=O) groups is 1. The highest BCUT2D eigenvalue weighted by Gasteiger charge is 2.17. The van der Waals surface area contributed by atoms with Gasteiger partial charge in [-0.15, -0.1) is 0 Å². The van der Waals surface area contributed by atoms with Gasteiger partial charge in [0, 0.05) is 7.11 Å². The molecular weight excluding hydrogens is 192 g/mol. The second kappa shape index (κ2) is 5.34. The van der Waals surface area contributed by atoms with Gasteiger partial charge in [-0.3, -0.25) is 4.79 Å². The maximum absolute atomic E-state index is 11.2. The zero-order valence-electron chi connectivity index (χ0n) is 8.24. The van der Waals surface area contributed by atoms with Gasteiger partial charge in [-0.2, -0.15) is 0 Å². The van der Waals surface area contributed by atoms with Crippen molar-refractivity contribution in [2.75, 3.05) is 25.2 Å². The summed E-state index contributed by atoms with van der Waals surface area (Å²) < 4.78 is 27.0. The van der Waals surface area contributed by atoms with Gasteiger partial charge in [0.15, 0.2) is 15.6 Å². The van der Waals surface area contributed by atoms with Gasteiger partial charge in [0.05, 0.1) is 5.75 Å². The van der Waals surface area contributed by atoms with Crippen molar-refractivity contribution in [2.45, 2.75) is 13.8 Å². The van der Waals surface area contributed by atoms with Crippen LogP contribution in [0, 0.1) is 5.92 Å². The summed E-state index contributed by atoms with van der Waals surface area (Å²) in [5.74, 6) is -0.676. The SMILES string of the molecule is COCC(=O)CS(=O)(=O)CC(C)C. The average Bonchev–Trinajstić information content (AvgIpc) is 1.81. The number of methoxy groups -OCH3 is 1. The lowest BCUT2D eigenvalue weighted by atomic mass is 10.3. The summed E-state index contributed by atoms with van der Waals surface area (Å²) in [7, 11) is -1.86. The van der Waals surface area contributed by atoms with Crippen LogP contribution in [0.1, 0.15) is 13.8 Å². The molecule has 0 aliphatic rings. The Bertz CT molecular complexity index is 253. The van der Waals surface area contributed by atoms with Crippen LogP contribution in [0.4, 0.5) is 0 Å². The second-order valence-corrected chi connectivity index (χ2v) is 5.53. The van der Waals surface area contributed by atoms with E-state index in [2.05, 4.69) is 4.74 Å². The summed E-state index contributed by atoms with van der Waals surface area (Å²) in [6.07, 6.45) is 0. The lowest BCUT2D eigenvalue weighted by Gasteiger charge is -2.05. The number of sulfone groups is 1. The lowest BCUT2D eigenvalue weighted by Crippen LogP contribution is -2.23. The van der Waals surface area contributed by atoms with Gasteiger partial charge in [-0.25, -0.2) is 8.42 Å². The van der Waals surface area contributed by atoms with E-state index < -0.39 is 15.6 Å². The van der Waals surface area contributed by atoms with E-state index in [9.17, 15) is 13.2 Å². The molecular formula is C8H16O4S. The Morgan fingerprint density at radius 3 is 2.31 bits per heavy atom. The zero-order chi connectivity index (χ0) is 10.5. The normalized spacial score (nSPS) is 12.0. The number of Topliss-reactive ketones (excluding diaryl/α,β-unsaturated/α-hetero) is 1. The van der Waals surface area contributed by atoms with Crippen molar-refractivity contribution in [3.8, 4) is 0 Å². The van der Waals surface area contributed by atoms with Crippen LogP contribution in [0.3, 0.4) is 0 Å². The van der Waals surface area contributed by atoms with Crippen molar-refractivity contribution in [1.82, 2.24) is 0 Å². The van der Waals surface area contributed by atoms with E-state index in [4.69, 9.17) is 0 Å². The van der Waals surface area contributed by atoms with Gasteiger partial charge in [-0.1, -0.05) is 13.8 Å². The van der Waals surface area contributed by atoms with E-state index in [0.29, 0.717) is 0 Å². The molecule has 0 amide bonds. The molecule has 5 heteroatoms. The Morgan fingerprint density at radius 2 is 1.92 bits per heavy atom. The molecule has 0 spiro atoms. The Kier molecular flexibility index (Phi) is 5.17. The van der Waals surface area contributed by atoms with Crippen molar-refractivity contribution in [1.29, 1.82) is 0 Å². The van der Waals surface area contributed by atoms with Crippen LogP contribution in [-0.4, -0.2) is 39.4 Å². The van der Waals surface area contributed by atoms with Gasteiger partial charge in [0.25, 0.3) is 0 Å². The van der Waals surface area contributed by atoms with E-state index >= 15 is 0 Å². The molecule has 0 unspecified atom stereocenters. The molecule has 0 heterocycles. The molecule has 0 saturated heterocycles. The van der Waals surface area contributed by atoms with E-state index in [-0.39, 0.29) is 24.1 Å². The Morgan fingerprint density at radius 1 is 1.38 bits per heavy atom. The number of carbonyl (C=O) groups excluding carboxylic acids is 1. The molecule has 78 valence electrons. The largest absolute Gasteiger partial charge is 0.377 e. The fraction of sp³-hybridized carbons (Fsp3) is 0.875. The number of ketones is 1. The van der Waals surface area contributed by atoms with Gasteiger partial charge >= 0.3 is 0 Å². The molecule has 0 N–H and O–H groups in total. The third-order valence-electron chi connectivity index (χ3n) is 1.27. The zero-order valence-corrected chi connectivity index (χ0v) is 9.06. The van der Waals surface area contributed by atoms with Crippen LogP contribution in [0.25, 0.3) is 0 Å². The maximum Gasteiger partial charge on any atom is 0.173 e. The number of hydrogen-bond donors (Lipinski definition) is 0. The monoisotopic (exact) mass is 208 g/mol. The van der Waals surface area contributed by atoms with E-state index in [1.807, 2.05) is 0 Å². The first kappa shape index (κ1) is 12.6. The van der Waals surface area contributed by atoms with Crippen molar-refractivity contribution < 1.29 is 17.9 Å². The summed E-state index contributed by atoms with van der Waals surface area (Å²) in [5, 5.41) is 0. The molecule has 13 heavy (non-hydrogen) atoms. The molecule has 0 fully saturated rings. The summed E-state index contributed by atoms with van der Waals surface area (Å²) in [5.41, 5.74) is 0. The number of rotatable bonds is 6. The highest BCUT2D eigenvalue weighted by molar-refractivity contribution is 7.92. The van der Waals surface area contributed by atoms with Crippen molar-refractivity contribution >= 4 is 15.6 Å². The predicted molar refractivity (Wildman–Crippen MR) is 50.4 cm³/mol. The molecule has 0 aromatic rings. The van der Waals surface area contributed by atoms with Gasteiger partial charge in [0.1, 0.15) is 12.4 Å². The van der Waals surface area contributed by atoms with Crippen molar-refractivity contribution in [3.05, 3.63) is 0 Å². The van der Waals surface area contributed by atoms with Crippen molar-refractivity contribution in [3.63, 3.8) is 0 Å². The number of hydrogen-bond acceptors (Lipinski definition) is 4. The van der Waals surface area contributed by atoms with E-state index in [0.717, 1.165) is 0 Å². The summed E-state index contributed by atoms with van der Waals surface area (Å²) >= 11 is 0. The second-order valence-electron chi connectivity index (χ2n) is 3.42. The van der Waals surface area contributed by atoms with Gasteiger partial charge in [-0.05, 0) is 5.92 Å².